The normalized spacial score (nSPS) is 27.2. The average molecular weight is 260 g/mol. The van der Waals surface area contributed by atoms with Gasteiger partial charge in [-0.2, -0.15) is 0 Å². The summed E-state index contributed by atoms with van der Waals surface area (Å²) in [4.78, 5) is 2.51. The first-order valence-electron chi connectivity index (χ1n) is 7.42. The lowest BCUT2D eigenvalue weighted by atomic mass is 9.93. The Morgan fingerprint density at radius 3 is 3.16 bits per heavy atom. The SMILES string of the molecule is Cc1ccc2c(c1)CCCN2CC1COCCC1N. The summed E-state index contributed by atoms with van der Waals surface area (Å²) in [5.74, 6) is 0.473. The van der Waals surface area contributed by atoms with Gasteiger partial charge in [0.1, 0.15) is 0 Å². The predicted molar refractivity (Wildman–Crippen MR) is 78.6 cm³/mol. The fourth-order valence-corrected chi connectivity index (χ4v) is 3.28. The van der Waals surface area contributed by atoms with Crippen molar-refractivity contribution in [2.75, 3.05) is 31.2 Å². The van der Waals surface area contributed by atoms with Crippen molar-refractivity contribution in [3.05, 3.63) is 29.3 Å². The Kier molecular flexibility index (Phi) is 3.76. The van der Waals surface area contributed by atoms with Crippen molar-refractivity contribution in [1.82, 2.24) is 0 Å². The van der Waals surface area contributed by atoms with E-state index in [4.69, 9.17) is 10.5 Å². The second-order valence-electron chi connectivity index (χ2n) is 5.97. The van der Waals surface area contributed by atoms with Crippen molar-refractivity contribution < 1.29 is 4.74 Å². The van der Waals surface area contributed by atoms with Crippen molar-refractivity contribution in [2.45, 2.75) is 32.2 Å². The summed E-state index contributed by atoms with van der Waals surface area (Å²) >= 11 is 0. The number of hydrogen-bond acceptors (Lipinski definition) is 3. The van der Waals surface area contributed by atoms with E-state index in [9.17, 15) is 0 Å². The molecule has 3 nitrogen and oxygen atoms in total. The van der Waals surface area contributed by atoms with Crippen molar-refractivity contribution >= 4 is 5.69 Å². The molecule has 0 saturated carbocycles. The zero-order chi connectivity index (χ0) is 13.2. The van der Waals surface area contributed by atoms with Crippen molar-refractivity contribution in [2.24, 2.45) is 11.7 Å². The molecular weight excluding hydrogens is 236 g/mol. The Bertz CT molecular complexity index is 446. The van der Waals surface area contributed by atoms with Crippen LogP contribution in [0.3, 0.4) is 0 Å². The first-order chi connectivity index (χ1) is 9.24. The molecule has 3 heteroatoms. The van der Waals surface area contributed by atoms with Gasteiger partial charge in [0.2, 0.25) is 0 Å². The van der Waals surface area contributed by atoms with Gasteiger partial charge in [-0.15, -0.1) is 0 Å². The average Bonchev–Trinajstić information content (AvgIpc) is 2.41. The monoisotopic (exact) mass is 260 g/mol. The summed E-state index contributed by atoms with van der Waals surface area (Å²) in [5.41, 5.74) is 10.5. The minimum absolute atomic E-state index is 0.296. The molecule has 2 unspecified atom stereocenters. The Morgan fingerprint density at radius 2 is 2.32 bits per heavy atom. The topological polar surface area (TPSA) is 38.5 Å². The van der Waals surface area contributed by atoms with Crippen LogP contribution in [0.2, 0.25) is 0 Å². The van der Waals surface area contributed by atoms with Gasteiger partial charge in [-0.1, -0.05) is 17.7 Å². The summed E-state index contributed by atoms with van der Waals surface area (Å²) in [5, 5.41) is 0. The third-order valence-electron chi connectivity index (χ3n) is 4.44. The van der Waals surface area contributed by atoms with Crippen LogP contribution in [0, 0.1) is 12.8 Å². The summed E-state index contributed by atoms with van der Waals surface area (Å²) < 4.78 is 5.59. The van der Waals surface area contributed by atoms with E-state index >= 15 is 0 Å². The lowest BCUT2D eigenvalue weighted by Crippen LogP contribution is -2.46. The van der Waals surface area contributed by atoms with Crippen LogP contribution in [0.1, 0.15) is 24.0 Å². The predicted octanol–water partition coefficient (Wildman–Crippen LogP) is 2.11. The molecule has 19 heavy (non-hydrogen) atoms. The van der Waals surface area contributed by atoms with E-state index in [1.165, 1.54) is 29.7 Å². The molecule has 1 saturated heterocycles. The number of hydrogen-bond donors (Lipinski definition) is 1. The molecule has 0 radical (unpaired) electrons. The van der Waals surface area contributed by atoms with Gasteiger partial charge in [0.15, 0.2) is 0 Å². The van der Waals surface area contributed by atoms with E-state index in [1.807, 2.05) is 0 Å². The Labute approximate surface area is 115 Å². The van der Waals surface area contributed by atoms with Gasteiger partial charge < -0.3 is 15.4 Å². The molecule has 3 rings (SSSR count). The second-order valence-corrected chi connectivity index (χ2v) is 5.97. The molecule has 104 valence electrons. The van der Waals surface area contributed by atoms with E-state index < -0.39 is 0 Å². The number of benzene rings is 1. The highest BCUT2D eigenvalue weighted by atomic mass is 16.5. The first kappa shape index (κ1) is 12.9. The zero-order valence-electron chi connectivity index (χ0n) is 11.8. The quantitative estimate of drug-likeness (QED) is 0.885. The summed E-state index contributed by atoms with van der Waals surface area (Å²) in [6.45, 7) is 6.01. The molecule has 0 spiro atoms. The highest BCUT2D eigenvalue weighted by Gasteiger charge is 2.26. The van der Waals surface area contributed by atoms with Gasteiger partial charge in [-0.05, 0) is 37.8 Å². The van der Waals surface area contributed by atoms with E-state index in [-0.39, 0.29) is 0 Å². The molecule has 2 N–H and O–H groups in total. The first-order valence-corrected chi connectivity index (χ1v) is 7.42. The van der Waals surface area contributed by atoms with Crippen molar-refractivity contribution in [3.63, 3.8) is 0 Å². The highest BCUT2D eigenvalue weighted by molar-refractivity contribution is 5.56. The number of rotatable bonds is 2. The Morgan fingerprint density at radius 1 is 1.42 bits per heavy atom. The summed E-state index contributed by atoms with van der Waals surface area (Å²) in [6, 6.07) is 7.12. The Hall–Kier alpha value is -1.06. The van der Waals surface area contributed by atoms with Crippen molar-refractivity contribution in [3.8, 4) is 0 Å². The lowest BCUT2D eigenvalue weighted by molar-refractivity contribution is 0.0445. The highest BCUT2D eigenvalue weighted by Crippen LogP contribution is 2.29. The second kappa shape index (κ2) is 5.51. The number of anilines is 1. The maximum Gasteiger partial charge on any atom is 0.0526 e. The third kappa shape index (κ3) is 2.77. The van der Waals surface area contributed by atoms with Crippen LogP contribution in [0.5, 0.6) is 0 Å². The van der Waals surface area contributed by atoms with Crippen LogP contribution < -0.4 is 10.6 Å². The third-order valence-corrected chi connectivity index (χ3v) is 4.44. The fraction of sp³-hybridized carbons (Fsp3) is 0.625. The molecule has 2 atom stereocenters. The van der Waals surface area contributed by atoms with Crippen LogP contribution in [0.25, 0.3) is 0 Å². The molecule has 2 aliphatic heterocycles. The van der Waals surface area contributed by atoms with Gasteiger partial charge in [0.25, 0.3) is 0 Å². The number of aryl methyl sites for hydroxylation is 2. The molecular formula is C16H24N2O. The molecule has 2 heterocycles. The molecule has 1 fully saturated rings. The molecule has 0 aromatic heterocycles. The maximum atomic E-state index is 6.23. The minimum Gasteiger partial charge on any atom is -0.381 e. The van der Waals surface area contributed by atoms with Crippen LogP contribution in [0.15, 0.2) is 18.2 Å². The van der Waals surface area contributed by atoms with E-state index in [2.05, 4.69) is 30.0 Å². The van der Waals surface area contributed by atoms with Crippen LogP contribution >= 0.6 is 0 Å². The Balaban J connectivity index is 1.76. The molecule has 1 aromatic carbocycles. The standard InChI is InChI=1S/C16H24N2O/c1-12-4-5-16-13(9-12)3-2-7-18(16)10-14-11-19-8-6-15(14)17/h4-5,9,14-15H,2-3,6-8,10-11,17H2,1H3. The summed E-state index contributed by atoms with van der Waals surface area (Å²) in [7, 11) is 0. The lowest BCUT2D eigenvalue weighted by Gasteiger charge is -2.37. The zero-order valence-corrected chi connectivity index (χ0v) is 11.8. The largest absolute Gasteiger partial charge is 0.381 e. The minimum atomic E-state index is 0.296. The van der Waals surface area contributed by atoms with Gasteiger partial charge in [-0.25, -0.2) is 0 Å². The van der Waals surface area contributed by atoms with Gasteiger partial charge in [0.05, 0.1) is 6.61 Å². The van der Waals surface area contributed by atoms with Crippen molar-refractivity contribution in [1.29, 1.82) is 0 Å². The fourth-order valence-electron chi connectivity index (χ4n) is 3.28. The van der Waals surface area contributed by atoms with E-state index in [0.717, 1.165) is 32.7 Å². The molecule has 0 bridgehead atoms. The van der Waals surface area contributed by atoms with Gasteiger partial charge >= 0.3 is 0 Å². The van der Waals surface area contributed by atoms with Crippen LogP contribution in [0.4, 0.5) is 5.69 Å². The molecule has 1 aromatic rings. The number of nitrogens with zero attached hydrogens (tertiary/aromatic N) is 1. The van der Waals surface area contributed by atoms with E-state index in [0.29, 0.717) is 12.0 Å². The molecule has 2 aliphatic rings. The molecule has 0 aliphatic carbocycles. The number of fused-ring (bicyclic) bond motifs is 1. The number of ether oxygens (including phenoxy) is 1. The smallest absolute Gasteiger partial charge is 0.0526 e. The summed E-state index contributed by atoms with van der Waals surface area (Å²) in [6.07, 6.45) is 3.46. The maximum absolute atomic E-state index is 6.23. The van der Waals surface area contributed by atoms with Gasteiger partial charge in [0, 0.05) is 37.3 Å². The van der Waals surface area contributed by atoms with Crippen LogP contribution in [-0.4, -0.2) is 32.3 Å². The van der Waals surface area contributed by atoms with Crippen LogP contribution in [-0.2, 0) is 11.2 Å². The number of nitrogens with two attached hydrogens (primary N) is 1. The molecule has 0 amide bonds. The van der Waals surface area contributed by atoms with Gasteiger partial charge in [-0.3, -0.25) is 0 Å². The van der Waals surface area contributed by atoms with E-state index in [1.54, 1.807) is 0 Å².